The van der Waals surface area contributed by atoms with Gasteiger partial charge in [-0.05, 0) is 0 Å². The van der Waals surface area contributed by atoms with Gasteiger partial charge in [0.25, 0.3) is 0 Å². The number of hydrogen-bond donors (Lipinski definition) is 0. The monoisotopic (exact) mass is 594 g/mol. The summed E-state index contributed by atoms with van der Waals surface area (Å²) in [6, 6.07) is 27.1. The zero-order valence-electron chi connectivity index (χ0n) is 21.2. The van der Waals surface area contributed by atoms with Crippen LogP contribution in [-0.2, 0) is 16.1 Å². The molecule has 0 N–H and O–H groups in total. The van der Waals surface area contributed by atoms with E-state index in [1.165, 1.54) is 29.8 Å². The molecule has 0 spiro atoms. The van der Waals surface area contributed by atoms with Gasteiger partial charge in [0.05, 0.1) is 0 Å². The summed E-state index contributed by atoms with van der Waals surface area (Å²) in [4.78, 5) is 39.1. The molecule has 0 unspecified atom stereocenters. The molecule has 4 aromatic rings. The first-order valence-corrected chi connectivity index (χ1v) is 14.4. The molecule has 3 aromatic carbocycles. The zero-order chi connectivity index (χ0) is 27.4. The van der Waals surface area contributed by atoms with E-state index >= 15 is 4.39 Å². The number of hydrogen-bond acceptors (Lipinski definition) is 5. The van der Waals surface area contributed by atoms with Crippen molar-refractivity contribution in [1.29, 1.82) is 0 Å². The Morgan fingerprint density at radius 3 is 2.23 bits per heavy atom. The first-order chi connectivity index (χ1) is 18.9. The number of carbonyl (C=O) groups is 1. The van der Waals surface area contributed by atoms with Gasteiger partial charge in [-0.3, -0.25) is 0 Å². The van der Waals surface area contributed by atoms with Crippen molar-refractivity contribution in [3.63, 3.8) is 0 Å². The van der Waals surface area contributed by atoms with Crippen molar-refractivity contribution < 1.29 is 18.7 Å². The number of ether oxygens (including phenoxy) is 2. The predicted molar refractivity (Wildman–Crippen MR) is 146 cm³/mol. The molecule has 1 saturated heterocycles. The van der Waals surface area contributed by atoms with Gasteiger partial charge in [-0.15, -0.1) is 0 Å². The molecule has 39 heavy (non-hydrogen) atoms. The number of halogens is 1. The number of carbonyl (C=O) groups excluding carboxylic acids is 1. The summed E-state index contributed by atoms with van der Waals surface area (Å²) in [6.07, 6.45) is -2.01. The van der Waals surface area contributed by atoms with Crippen molar-refractivity contribution in [2.45, 2.75) is 36.9 Å². The van der Waals surface area contributed by atoms with E-state index in [1.807, 2.05) is 60.7 Å². The third kappa shape index (κ3) is 5.87. The molecule has 5 rings (SSSR count). The Morgan fingerprint density at radius 1 is 0.949 bits per heavy atom. The summed E-state index contributed by atoms with van der Waals surface area (Å²) >= 11 is -0.419. The van der Waals surface area contributed by atoms with E-state index in [2.05, 4.69) is 0 Å². The van der Waals surface area contributed by atoms with Crippen molar-refractivity contribution in [1.82, 2.24) is 9.13 Å². The van der Waals surface area contributed by atoms with Gasteiger partial charge in [-0.2, -0.15) is 0 Å². The second-order valence-corrected chi connectivity index (χ2v) is 11.8. The van der Waals surface area contributed by atoms with Crippen molar-refractivity contribution >= 4 is 25.3 Å². The second kappa shape index (κ2) is 12.1. The zero-order valence-corrected chi connectivity index (χ0v) is 22.9. The number of alkyl halides is 1. The van der Waals surface area contributed by atoms with Crippen molar-refractivity contribution in [2.75, 3.05) is 6.61 Å². The van der Waals surface area contributed by atoms with Gasteiger partial charge in [0.15, 0.2) is 0 Å². The molecule has 1 aliphatic rings. The van der Waals surface area contributed by atoms with Gasteiger partial charge in [0.1, 0.15) is 0 Å². The molecule has 4 atom stereocenters. The molecule has 200 valence electrons. The normalized spacial score (nSPS) is 20.7. The molecule has 1 aliphatic heterocycles. The average Bonchev–Trinajstić information content (AvgIpc) is 3.26. The Balaban J connectivity index is 1.48. The van der Waals surface area contributed by atoms with E-state index < -0.39 is 55.4 Å². The van der Waals surface area contributed by atoms with Crippen LogP contribution in [0.25, 0.3) is 0 Å². The fourth-order valence-electron chi connectivity index (χ4n) is 4.47. The van der Waals surface area contributed by atoms with Crippen LogP contribution in [-0.4, -0.2) is 48.9 Å². The van der Waals surface area contributed by atoms with Crippen LogP contribution in [0.2, 0.25) is 4.82 Å². The van der Waals surface area contributed by atoms with Gasteiger partial charge in [0.2, 0.25) is 0 Å². The summed E-state index contributed by atoms with van der Waals surface area (Å²) in [5, 5.41) is 0. The Bertz CT molecular complexity index is 1540. The average molecular weight is 594 g/mol. The minimum absolute atomic E-state index is 0.00967. The van der Waals surface area contributed by atoms with Crippen LogP contribution in [0, 0.1) is 6.92 Å². The number of rotatable bonds is 8. The molecule has 1 aromatic heterocycles. The summed E-state index contributed by atoms with van der Waals surface area (Å²) in [5.74, 6) is -0.745. The number of nitrogens with zero attached hydrogens (tertiary/aromatic N) is 2. The van der Waals surface area contributed by atoms with E-state index in [4.69, 9.17) is 9.47 Å². The van der Waals surface area contributed by atoms with Gasteiger partial charge in [-0.25, -0.2) is 0 Å². The molecule has 0 bridgehead atoms. The van der Waals surface area contributed by atoms with Crippen molar-refractivity contribution in [3.05, 3.63) is 135 Å². The van der Waals surface area contributed by atoms with E-state index in [0.717, 1.165) is 10.0 Å². The van der Waals surface area contributed by atoms with Crippen LogP contribution in [0.3, 0.4) is 0 Å². The molecule has 0 amide bonds. The molecule has 1 fully saturated rings. The fourth-order valence-corrected chi connectivity index (χ4v) is 7.08. The molecule has 9 heteroatoms. The number of aromatic nitrogens is 2. The number of aryl methyl sites for hydroxylation is 1. The molecular weight excluding hydrogens is 566 g/mol. The SMILES string of the molecule is Cc1cn([C@H]2O[C@H](COCc3ccccc3)[C@@H](F)[C@H]2[Se]c2ccccc2)c(=O)n(C(=O)c2ccccc2)c1=O. The maximum absolute atomic E-state index is 16.0. The molecular formula is C30H27FN2O5Se. The first kappa shape index (κ1) is 27.0. The number of benzene rings is 3. The second-order valence-electron chi connectivity index (χ2n) is 9.22. The topological polar surface area (TPSA) is 79.5 Å². The molecule has 0 radical (unpaired) electrons. The predicted octanol–water partition coefficient (Wildman–Crippen LogP) is 3.28. The first-order valence-electron chi connectivity index (χ1n) is 12.5. The summed E-state index contributed by atoms with van der Waals surface area (Å²) in [6.45, 7) is 1.80. The van der Waals surface area contributed by atoms with Crippen molar-refractivity contribution in [2.24, 2.45) is 0 Å². The maximum atomic E-state index is 16.0. The van der Waals surface area contributed by atoms with E-state index in [1.54, 1.807) is 18.2 Å². The summed E-state index contributed by atoms with van der Waals surface area (Å²) < 4.78 is 30.7. The van der Waals surface area contributed by atoms with Gasteiger partial charge in [-0.1, -0.05) is 0 Å². The van der Waals surface area contributed by atoms with Crippen LogP contribution in [0.5, 0.6) is 0 Å². The standard InChI is InChI=1S/C30H27FN2O5Se/c1-20-17-32(30(36)33(27(20)34)28(35)22-13-7-3-8-14-22)29-26(39-23-15-9-4-10-16-23)25(31)24(38-29)19-37-18-21-11-5-2-6-12-21/h2-17,24-26,29H,18-19H2,1H3/t24-,25-,26-,29+/m1/s1. The third-order valence-corrected chi connectivity index (χ3v) is 9.20. The summed E-state index contributed by atoms with van der Waals surface area (Å²) in [7, 11) is 0. The van der Waals surface area contributed by atoms with E-state index in [0.29, 0.717) is 11.2 Å². The fraction of sp³-hybridized carbons (Fsp3) is 0.233. The van der Waals surface area contributed by atoms with Crippen LogP contribution >= 0.6 is 0 Å². The molecule has 0 aliphatic carbocycles. The minimum atomic E-state index is -1.43. The van der Waals surface area contributed by atoms with E-state index in [9.17, 15) is 14.4 Å². The van der Waals surface area contributed by atoms with Crippen LogP contribution in [0.4, 0.5) is 4.39 Å². The Morgan fingerprint density at radius 2 is 1.56 bits per heavy atom. The molecule has 2 heterocycles. The Labute approximate surface area is 231 Å². The van der Waals surface area contributed by atoms with Crippen LogP contribution in [0.1, 0.15) is 27.7 Å². The quantitative estimate of drug-likeness (QED) is 0.293. The van der Waals surface area contributed by atoms with Gasteiger partial charge < -0.3 is 0 Å². The third-order valence-electron chi connectivity index (χ3n) is 6.46. The molecule has 0 saturated carbocycles. The Hall–Kier alpha value is -3.62. The van der Waals surface area contributed by atoms with E-state index in [-0.39, 0.29) is 17.7 Å². The summed E-state index contributed by atoms with van der Waals surface area (Å²) in [5.41, 5.74) is -0.260. The van der Waals surface area contributed by atoms with Crippen LogP contribution in [0.15, 0.2) is 107 Å². The molecule has 7 nitrogen and oxygen atoms in total. The van der Waals surface area contributed by atoms with Crippen molar-refractivity contribution in [3.8, 4) is 0 Å². The van der Waals surface area contributed by atoms with Gasteiger partial charge >= 0.3 is 231 Å². The Kier molecular flexibility index (Phi) is 8.33. The van der Waals surface area contributed by atoms with Gasteiger partial charge in [0, 0.05) is 0 Å². The van der Waals surface area contributed by atoms with Crippen LogP contribution < -0.4 is 15.7 Å².